The highest BCUT2D eigenvalue weighted by Gasteiger charge is 2.17. The number of aromatic nitrogens is 3. The summed E-state index contributed by atoms with van der Waals surface area (Å²) in [7, 11) is 0. The molecule has 0 spiro atoms. The van der Waals surface area contributed by atoms with Gasteiger partial charge in [0.25, 0.3) is 0 Å². The van der Waals surface area contributed by atoms with Gasteiger partial charge in [-0.15, -0.1) is 0 Å². The molecule has 10 aromatic rings. The average molecular weight is 652 g/mol. The Morgan fingerprint density at radius 1 is 0.294 bits per heavy atom. The smallest absolute Gasteiger partial charge is 0.164 e. The van der Waals surface area contributed by atoms with E-state index in [4.69, 9.17) is 19.4 Å². The molecule has 0 atom stereocenters. The highest BCUT2D eigenvalue weighted by Crippen LogP contribution is 2.36. The topological polar surface area (TPSA) is 51.8 Å². The summed E-state index contributed by atoms with van der Waals surface area (Å²) in [6, 6.07) is 61.2. The van der Waals surface area contributed by atoms with Gasteiger partial charge in [-0.25, -0.2) is 15.0 Å². The third-order valence-electron chi connectivity index (χ3n) is 9.73. The van der Waals surface area contributed by atoms with E-state index in [2.05, 4.69) is 158 Å². The maximum Gasteiger partial charge on any atom is 0.164 e. The van der Waals surface area contributed by atoms with Crippen LogP contribution in [0, 0.1) is 0 Å². The summed E-state index contributed by atoms with van der Waals surface area (Å²) in [5.74, 6) is 1.88. The molecule has 0 N–H and O–H groups in total. The number of hydrogen-bond donors (Lipinski definition) is 0. The summed E-state index contributed by atoms with van der Waals surface area (Å²) >= 11 is 0. The molecule has 0 aliphatic carbocycles. The molecule has 238 valence electrons. The Morgan fingerprint density at radius 3 is 1.57 bits per heavy atom. The monoisotopic (exact) mass is 651 g/mol. The number of hydrogen-bond acceptors (Lipinski definition) is 4. The molecule has 0 saturated carbocycles. The molecule has 4 nitrogen and oxygen atoms in total. The van der Waals surface area contributed by atoms with Crippen molar-refractivity contribution in [2.24, 2.45) is 0 Å². The standard InChI is InChI=1S/C47H29N3O/c1-2-9-30(10-3-1)32-17-19-33(20-18-32)36-23-25-43-41(28-36)42-29-38(24-26-44(42)51-43)46-48-45(37-22-21-31-11-4-5-13-35(31)27-37)49-47(50-46)40-16-8-14-34-12-6-7-15-39(34)40/h1-29H. The highest BCUT2D eigenvalue weighted by atomic mass is 16.3. The summed E-state index contributed by atoms with van der Waals surface area (Å²) < 4.78 is 6.33. The third kappa shape index (κ3) is 5.22. The van der Waals surface area contributed by atoms with Gasteiger partial charge in [-0.2, -0.15) is 0 Å². The van der Waals surface area contributed by atoms with Crippen LogP contribution in [0.5, 0.6) is 0 Å². The van der Waals surface area contributed by atoms with Crippen molar-refractivity contribution < 1.29 is 4.42 Å². The van der Waals surface area contributed by atoms with Gasteiger partial charge in [0.2, 0.25) is 0 Å². The summed E-state index contributed by atoms with van der Waals surface area (Å²) in [5.41, 5.74) is 9.16. The van der Waals surface area contributed by atoms with Crippen LogP contribution in [-0.4, -0.2) is 15.0 Å². The van der Waals surface area contributed by atoms with E-state index in [0.29, 0.717) is 17.5 Å². The van der Waals surface area contributed by atoms with E-state index in [1.165, 1.54) is 16.5 Å². The second-order valence-corrected chi connectivity index (χ2v) is 12.9. The first-order valence-corrected chi connectivity index (χ1v) is 17.1. The molecular weight excluding hydrogens is 623 g/mol. The molecule has 0 saturated heterocycles. The Labute approximate surface area is 294 Å². The molecule has 0 aliphatic heterocycles. The molecule has 2 aromatic heterocycles. The van der Waals surface area contributed by atoms with Crippen LogP contribution in [0.2, 0.25) is 0 Å². The van der Waals surface area contributed by atoms with Crippen molar-refractivity contribution in [1.29, 1.82) is 0 Å². The predicted molar refractivity (Wildman–Crippen MR) is 209 cm³/mol. The number of nitrogens with zero attached hydrogens (tertiary/aromatic N) is 3. The van der Waals surface area contributed by atoms with Gasteiger partial charge in [0.05, 0.1) is 0 Å². The minimum atomic E-state index is 0.611. The number of rotatable bonds is 5. The normalized spacial score (nSPS) is 11.5. The Kier molecular flexibility index (Phi) is 6.78. The molecule has 4 heteroatoms. The fraction of sp³-hybridized carbons (Fsp3) is 0. The van der Waals surface area contributed by atoms with Crippen molar-refractivity contribution in [2.75, 3.05) is 0 Å². The van der Waals surface area contributed by atoms with Gasteiger partial charge in [0, 0.05) is 27.5 Å². The molecule has 0 fully saturated rings. The Morgan fingerprint density at radius 2 is 0.804 bits per heavy atom. The van der Waals surface area contributed by atoms with Crippen LogP contribution in [0.4, 0.5) is 0 Å². The minimum absolute atomic E-state index is 0.611. The van der Waals surface area contributed by atoms with Crippen LogP contribution in [0.25, 0.3) is 99.9 Å². The lowest BCUT2D eigenvalue weighted by molar-refractivity contribution is 0.669. The molecule has 0 aliphatic rings. The molecule has 10 rings (SSSR count). The van der Waals surface area contributed by atoms with E-state index in [1.807, 2.05) is 18.2 Å². The SMILES string of the molecule is c1ccc(-c2ccc(-c3ccc4oc5ccc(-c6nc(-c7ccc8ccccc8c7)nc(-c7cccc8ccccc78)n6)cc5c4c3)cc2)cc1. The first-order valence-electron chi connectivity index (χ1n) is 17.1. The zero-order chi connectivity index (χ0) is 33.7. The van der Waals surface area contributed by atoms with Crippen LogP contribution < -0.4 is 0 Å². The molecule has 0 bridgehead atoms. The van der Waals surface area contributed by atoms with Crippen molar-refractivity contribution in [3.63, 3.8) is 0 Å². The highest BCUT2D eigenvalue weighted by molar-refractivity contribution is 6.07. The number of benzene rings is 8. The Hall–Kier alpha value is -6.91. The van der Waals surface area contributed by atoms with Crippen LogP contribution >= 0.6 is 0 Å². The molecule has 0 amide bonds. The van der Waals surface area contributed by atoms with Gasteiger partial charge in [-0.3, -0.25) is 0 Å². The van der Waals surface area contributed by atoms with Gasteiger partial charge in [-0.1, -0.05) is 140 Å². The van der Waals surface area contributed by atoms with E-state index < -0.39 is 0 Å². The molecular formula is C47H29N3O. The zero-order valence-electron chi connectivity index (χ0n) is 27.5. The van der Waals surface area contributed by atoms with Crippen molar-refractivity contribution in [3.05, 3.63) is 176 Å². The van der Waals surface area contributed by atoms with Crippen molar-refractivity contribution in [1.82, 2.24) is 15.0 Å². The average Bonchev–Trinajstić information content (AvgIpc) is 3.58. The summed E-state index contributed by atoms with van der Waals surface area (Å²) in [6.07, 6.45) is 0. The van der Waals surface area contributed by atoms with E-state index in [0.717, 1.165) is 65.9 Å². The van der Waals surface area contributed by atoms with Crippen LogP contribution in [0.1, 0.15) is 0 Å². The van der Waals surface area contributed by atoms with E-state index in [1.54, 1.807) is 0 Å². The maximum absolute atomic E-state index is 6.33. The van der Waals surface area contributed by atoms with Crippen molar-refractivity contribution in [3.8, 4) is 56.4 Å². The lowest BCUT2D eigenvalue weighted by atomic mass is 9.99. The van der Waals surface area contributed by atoms with Crippen molar-refractivity contribution >= 4 is 43.5 Å². The zero-order valence-corrected chi connectivity index (χ0v) is 27.5. The molecule has 2 heterocycles. The molecule has 51 heavy (non-hydrogen) atoms. The molecule has 0 unspecified atom stereocenters. The second-order valence-electron chi connectivity index (χ2n) is 12.9. The Bertz CT molecular complexity index is 2900. The molecule has 0 radical (unpaired) electrons. The lowest BCUT2D eigenvalue weighted by Gasteiger charge is -2.11. The van der Waals surface area contributed by atoms with Gasteiger partial charge in [0.15, 0.2) is 17.5 Å². The predicted octanol–water partition coefficient (Wildman–Crippen LogP) is 12.4. The number of fused-ring (bicyclic) bond motifs is 5. The van der Waals surface area contributed by atoms with E-state index in [-0.39, 0.29) is 0 Å². The van der Waals surface area contributed by atoms with Crippen LogP contribution in [-0.2, 0) is 0 Å². The Balaban J connectivity index is 1.11. The summed E-state index contributed by atoms with van der Waals surface area (Å²) in [6.45, 7) is 0. The van der Waals surface area contributed by atoms with Crippen LogP contribution in [0.3, 0.4) is 0 Å². The lowest BCUT2D eigenvalue weighted by Crippen LogP contribution is -2.00. The quantitative estimate of drug-likeness (QED) is 0.186. The summed E-state index contributed by atoms with van der Waals surface area (Å²) in [4.78, 5) is 15.3. The van der Waals surface area contributed by atoms with Gasteiger partial charge in [0.1, 0.15) is 11.2 Å². The van der Waals surface area contributed by atoms with Gasteiger partial charge < -0.3 is 4.42 Å². The van der Waals surface area contributed by atoms with Crippen molar-refractivity contribution in [2.45, 2.75) is 0 Å². The fourth-order valence-corrected chi connectivity index (χ4v) is 7.09. The summed E-state index contributed by atoms with van der Waals surface area (Å²) in [5, 5.41) is 6.62. The fourth-order valence-electron chi connectivity index (χ4n) is 7.09. The van der Waals surface area contributed by atoms with Gasteiger partial charge in [-0.05, 0) is 80.2 Å². The largest absolute Gasteiger partial charge is 0.456 e. The first kappa shape index (κ1) is 29.0. The van der Waals surface area contributed by atoms with Crippen LogP contribution in [0.15, 0.2) is 180 Å². The van der Waals surface area contributed by atoms with E-state index in [9.17, 15) is 0 Å². The van der Waals surface area contributed by atoms with E-state index >= 15 is 0 Å². The third-order valence-corrected chi connectivity index (χ3v) is 9.73. The second kappa shape index (κ2) is 11.9. The first-order chi connectivity index (χ1) is 25.2. The number of furan rings is 1. The molecule has 8 aromatic carbocycles. The maximum atomic E-state index is 6.33. The van der Waals surface area contributed by atoms with Gasteiger partial charge >= 0.3 is 0 Å². The minimum Gasteiger partial charge on any atom is -0.456 e.